The van der Waals surface area contributed by atoms with Gasteiger partial charge in [-0.1, -0.05) is 89.6 Å². The molecule has 1 heterocycles. The van der Waals surface area contributed by atoms with E-state index in [9.17, 15) is 9.90 Å². The molecule has 3 heteroatoms. The van der Waals surface area contributed by atoms with Crippen LogP contribution in [0.3, 0.4) is 0 Å². The van der Waals surface area contributed by atoms with Crippen LogP contribution in [0.5, 0.6) is 0 Å². The van der Waals surface area contributed by atoms with Gasteiger partial charge in [0.2, 0.25) is 0 Å². The van der Waals surface area contributed by atoms with Crippen molar-refractivity contribution >= 4 is 12.0 Å². The zero-order chi connectivity index (χ0) is 27.1. The largest absolute Gasteiger partial charge is 0.462 e. The molecular weight excluding hydrogens is 456 g/mol. The molecule has 0 spiro atoms. The molecule has 1 aliphatic heterocycles. The lowest BCUT2D eigenvalue weighted by molar-refractivity contribution is -0.141. The second-order valence-electron chi connectivity index (χ2n) is 10.9. The Balaban J connectivity index is 1.92. The number of aliphatic hydroxyl groups is 1. The average Bonchev–Trinajstić information content (AvgIpc) is 3.33. The Bertz CT molecular complexity index is 1070. The summed E-state index contributed by atoms with van der Waals surface area (Å²) >= 11 is 0. The molecule has 1 N–H and O–H groups in total. The third-order valence-corrected chi connectivity index (χ3v) is 8.82. The summed E-state index contributed by atoms with van der Waals surface area (Å²) in [6, 6.07) is 14.0. The van der Waals surface area contributed by atoms with Gasteiger partial charge in [-0.3, -0.25) is 4.79 Å². The van der Waals surface area contributed by atoms with Gasteiger partial charge in [0.25, 0.3) is 0 Å². The van der Waals surface area contributed by atoms with Gasteiger partial charge in [-0.2, -0.15) is 0 Å². The molecule has 2 aromatic rings. The highest BCUT2D eigenvalue weighted by atomic mass is 16.5. The van der Waals surface area contributed by atoms with Gasteiger partial charge in [-0.15, -0.1) is 0 Å². The molecule has 0 bridgehead atoms. The maximum Gasteiger partial charge on any atom is 0.306 e. The summed E-state index contributed by atoms with van der Waals surface area (Å²) in [5.41, 5.74) is 7.22. The summed E-state index contributed by atoms with van der Waals surface area (Å²) in [6.07, 6.45) is 13.1. The Kier molecular flexibility index (Phi) is 10.2. The number of hydrogen-bond acceptors (Lipinski definition) is 3. The van der Waals surface area contributed by atoms with E-state index in [0.717, 1.165) is 57.8 Å². The van der Waals surface area contributed by atoms with E-state index in [0.29, 0.717) is 6.42 Å². The van der Waals surface area contributed by atoms with E-state index < -0.39 is 5.60 Å². The molecule has 2 aromatic carbocycles. The van der Waals surface area contributed by atoms with Crippen LogP contribution in [-0.2, 0) is 27.8 Å². The smallest absolute Gasteiger partial charge is 0.306 e. The lowest BCUT2D eigenvalue weighted by Crippen LogP contribution is -2.26. The zero-order valence-corrected chi connectivity index (χ0v) is 24.0. The monoisotopic (exact) mass is 504 g/mol. The molecule has 0 saturated carbocycles. The number of carbonyl (C=O) groups excluding carboxylic acids is 1. The lowest BCUT2D eigenvalue weighted by atomic mass is 9.69. The maximum absolute atomic E-state index is 11.4. The summed E-state index contributed by atoms with van der Waals surface area (Å²) in [4.78, 5) is 11.4. The van der Waals surface area contributed by atoms with Gasteiger partial charge in [0.1, 0.15) is 6.10 Å². The molecule has 3 rings (SSSR count). The van der Waals surface area contributed by atoms with Crippen molar-refractivity contribution in [1.82, 2.24) is 0 Å². The first-order chi connectivity index (χ1) is 17.7. The predicted octanol–water partition coefficient (Wildman–Crippen LogP) is 8.26. The van der Waals surface area contributed by atoms with Gasteiger partial charge < -0.3 is 9.84 Å². The first-order valence-corrected chi connectivity index (χ1v) is 14.6. The second kappa shape index (κ2) is 12.9. The Morgan fingerprint density at radius 3 is 2.16 bits per heavy atom. The van der Waals surface area contributed by atoms with Crippen LogP contribution in [0.4, 0.5) is 0 Å². The third-order valence-electron chi connectivity index (χ3n) is 8.82. The number of esters is 1. The molecule has 1 atom stereocenters. The van der Waals surface area contributed by atoms with Gasteiger partial charge in [-0.25, -0.2) is 0 Å². The number of cyclic esters (lactones) is 1. The van der Waals surface area contributed by atoms with Crippen LogP contribution in [0, 0.1) is 6.92 Å². The second-order valence-corrected chi connectivity index (χ2v) is 10.9. The Hall–Kier alpha value is -2.39. The van der Waals surface area contributed by atoms with E-state index in [1.54, 1.807) is 0 Å². The Morgan fingerprint density at radius 1 is 0.919 bits per heavy atom. The fourth-order valence-corrected chi connectivity index (χ4v) is 5.89. The van der Waals surface area contributed by atoms with E-state index in [1.165, 1.54) is 33.4 Å². The molecule has 1 aliphatic rings. The predicted molar refractivity (Wildman–Crippen MR) is 155 cm³/mol. The normalized spacial score (nSPS) is 16.5. The molecule has 0 radical (unpaired) electrons. The third kappa shape index (κ3) is 6.74. The van der Waals surface area contributed by atoms with E-state index in [4.69, 9.17) is 4.74 Å². The Labute approximate surface area is 225 Å². The highest BCUT2D eigenvalue weighted by Crippen LogP contribution is 2.41. The number of benzene rings is 2. The van der Waals surface area contributed by atoms with Crippen LogP contribution >= 0.6 is 0 Å². The molecule has 0 amide bonds. The summed E-state index contributed by atoms with van der Waals surface area (Å²) in [5.74, 6) is -0.0527. The number of hydrogen-bond donors (Lipinski definition) is 1. The van der Waals surface area contributed by atoms with Crippen LogP contribution in [0.2, 0.25) is 0 Å². The summed E-state index contributed by atoms with van der Waals surface area (Å²) in [5, 5.41) is 10.8. The van der Waals surface area contributed by atoms with Crippen molar-refractivity contribution in [3.05, 3.63) is 75.9 Å². The van der Waals surface area contributed by atoms with Crippen molar-refractivity contribution in [2.75, 3.05) is 0 Å². The fourth-order valence-electron chi connectivity index (χ4n) is 5.89. The van der Waals surface area contributed by atoms with Crippen molar-refractivity contribution < 1.29 is 14.6 Å². The van der Waals surface area contributed by atoms with Gasteiger partial charge >= 0.3 is 5.97 Å². The summed E-state index contributed by atoms with van der Waals surface area (Å²) < 4.78 is 5.43. The van der Waals surface area contributed by atoms with Crippen LogP contribution in [-0.4, -0.2) is 22.8 Å². The van der Waals surface area contributed by atoms with Crippen LogP contribution < -0.4 is 0 Å². The van der Waals surface area contributed by atoms with Crippen molar-refractivity contribution in [2.45, 2.75) is 123 Å². The molecule has 0 unspecified atom stereocenters. The van der Waals surface area contributed by atoms with Gasteiger partial charge in [-0.05, 0) is 91.7 Å². The van der Waals surface area contributed by atoms with Gasteiger partial charge in [0.15, 0.2) is 0 Å². The topological polar surface area (TPSA) is 46.5 Å². The van der Waals surface area contributed by atoms with E-state index in [1.807, 2.05) is 19.9 Å². The highest BCUT2D eigenvalue weighted by Gasteiger charge is 2.32. The summed E-state index contributed by atoms with van der Waals surface area (Å²) in [7, 11) is 0. The standard InChI is InChI=1S/C34H48O3/c1-7-12-28-24-30(17-14-27(28)21-22-33(36,8-2)9-3)34(10-4,11-5)29-16-13-26(25(6)23-29)15-18-31-19-20-32(35)37-31/h13-14,16-17,21-24,31,36H,7-12,15,18-20H2,1-6H3/t31-/m1/s1. The highest BCUT2D eigenvalue weighted by molar-refractivity contribution is 5.71. The lowest BCUT2D eigenvalue weighted by Gasteiger charge is -2.34. The minimum absolute atomic E-state index is 0.0391. The quantitative estimate of drug-likeness (QED) is 0.279. The first-order valence-electron chi connectivity index (χ1n) is 14.6. The van der Waals surface area contributed by atoms with Crippen molar-refractivity contribution in [3.8, 4) is 0 Å². The number of carbonyl (C=O) groups is 1. The maximum atomic E-state index is 11.4. The van der Waals surface area contributed by atoms with Crippen LogP contribution in [0.1, 0.15) is 119 Å². The molecule has 37 heavy (non-hydrogen) atoms. The first kappa shape index (κ1) is 29.2. The number of ether oxygens (including phenoxy) is 1. The SMILES string of the molecule is CCCc1cc(C(CC)(CC)c2ccc(CC[C@@H]3CCC(=O)O3)c(C)c2)ccc1C=CC(O)(CC)CC. The zero-order valence-electron chi connectivity index (χ0n) is 24.0. The number of rotatable bonds is 13. The fraction of sp³-hybridized carbons (Fsp3) is 0.559. The van der Waals surface area contributed by atoms with Crippen molar-refractivity contribution in [2.24, 2.45) is 0 Å². The van der Waals surface area contributed by atoms with Crippen molar-refractivity contribution in [1.29, 1.82) is 0 Å². The van der Waals surface area contributed by atoms with Crippen LogP contribution in [0.15, 0.2) is 42.5 Å². The van der Waals surface area contributed by atoms with Gasteiger partial charge in [0.05, 0.1) is 5.60 Å². The van der Waals surface area contributed by atoms with E-state index >= 15 is 0 Å². The molecule has 1 fully saturated rings. The molecule has 3 nitrogen and oxygen atoms in total. The minimum Gasteiger partial charge on any atom is -0.462 e. The van der Waals surface area contributed by atoms with Gasteiger partial charge in [0, 0.05) is 11.8 Å². The molecule has 1 saturated heterocycles. The van der Waals surface area contributed by atoms with Crippen LogP contribution in [0.25, 0.3) is 6.08 Å². The molecule has 202 valence electrons. The Morgan fingerprint density at radius 2 is 1.59 bits per heavy atom. The minimum atomic E-state index is -0.739. The molecular formula is C34H48O3. The average molecular weight is 505 g/mol. The van der Waals surface area contributed by atoms with Crippen molar-refractivity contribution in [3.63, 3.8) is 0 Å². The molecule has 0 aliphatic carbocycles. The number of aryl methyl sites for hydroxylation is 3. The van der Waals surface area contributed by atoms with E-state index in [2.05, 4.69) is 70.2 Å². The molecule has 0 aromatic heterocycles. The summed E-state index contributed by atoms with van der Waals surface area (Å²) in [6.45, 7) is 13.1. The van der Waals surface area contributed by atoms with E-state index in [-0.39, 0.29) is 17.5 Å².